The lowest BCUT2D eigenvalue weighted by molar-refractivity contribution is 0.279. The van der Waals surface area contributed by atoms with Crippen molar-refractivity contribution in [2.24, 2.45) is 0 Å². The van der Waals surface area contributed by atoms with E-state index in [-0.39, 0.29) is 5.54 Å². The number of hydrogen-bond acceptors (Lipinski definition) is 6. The third-order valence-electron chi connectivity index (χ3n) is 3.04. The summed E-state index contributed by atoms with van der Waals surface area (Å²) < 4.78 is 5.38. The van der Waals surface area contributed by atoms with Crippen molar-refractivity contribution in [1.82, 2.24) is 15.5 Å². The summed E-state index contributed by atoms with van der Waals surface area (Å²) in [7, 11) is 1.90. The van der Waals surface area contributed by atoms with Gasteiger partial charge in [0.1, 0.15) is 0 Å². The van der Waals surface area contributed by atoms with Gasteiger partial charge in [-0.15, -0.1) is 11.8 Å². The Morgan fingerprint density at radius 2 is 2.06 bits per heavy atom. The smallest absolute Gasteiger partial charge is 0.246 e. The van der Waals surface area contributed by atoms with Gasteiger partial charge in [-0.05, 0) is 20.9 Å². The molecule has 0 radical (unpaired) electrons. The second-order valence-electron chi connectivity index (χ2n) is 4.70. The summed E-state index contributed by atoms with van der Waals surface area (Å²) in [5.41, 5.74) is -0.263. The minimum absolute atomic E-state index is 0.263. The third-order valence-corrected chi connectivity index (χ3v) is 6.13. The molecule has 0 amide bonds. The predicted molar refractivity (Wildman–Crippen MR) is 73.5 cm³/mol. The number of thioether (sulfide) groups is 2. The van der Waals surface area contributed by atoms with E-state index in [2.05, 4.69) is 22.4 Å². The van der Waals surface area contributed by atoms with E-state index in [1.165, 1.54) is 11.5 Å². The molecule has 0 spiro atoms. The summed E-state index contributed by atoms with van der Waals surface area (Å²) in [6.07, 6.45) is 0. The molecule has 96 valence electrons. The molecule has 2 atom stereocenters. The molecule has 1 N–H and O–H groups in total. The summed E-state index contributed by atoms with van der Waals surface area (Å²) in [5, 5.41) is 8.23. The van der Waals surface area contributed by atoms with Crippen LogP contribution in [0.15, 0.2) is 4.52 Å². The lowest BCUT2D eigenvalue weighted by Gasteiger charge is -2.25. The quantitative estimate of drug-likeness (QED) is 0.913. The first-order valence-corrected chi connectivity index (χ1v) is 7.90. The van der Waals surface area contributed by atoms with Gasteiger partial charge in [0.25, 0.3) is 0 Å². The molecular formula is C11H19N3OS2. The van der Waals surface area contributed by atoms with Crippen molar-refractivity contribution >= 4 is 23.5 Å². The van der Waals surface area contributed by atoms with Crippen LogP contribution in [0.4, 0.5) is 0 Å². The van der Waals surface area contributed by atoms with Gasteiger partial charge in [0.2, 0.25) is 5.89 Å². The van der Waals surface area contributed by atoms with Crippen LogP contribution in [0.5, 0.6) is 0 Å². The standard InChI is InChI=1S/C11H19N3OS2/c1-7-8(17-6-5-16-7)9-13-10(15-14-9)11(2,3)12-4/h7-8,12H,5-6H2,1-4H3. The zero-order valence-corrected chi connectivity index (χ0v) is 12.3. The van der Waals surface area contributed by atoms with E-state index in [9.17, 15) is 0 Å². The van der Waals surface area contributed by atoms with Gasteiger partial charge in [-0.2, -0.15) is 16.7 Å². The summed E-state index contributed by atoms with van der Waals surface area (Å²) in [4.78, 5) is 4.55. The Labute approximate surface area is 111 Å². The Morgan fingerprint density at radius 3 is 2.71 bits per heavy atom. The topological polar surface area (TPSA) is 51.0 Å². The maximum absolute atomic E-state index is 5.38. The van der Waals surface area contributed by atoms with Gasteiger partial charge in [-0.3, -0.25) is 0 Å². The molecule has 2 heterocycles. The van der Waals surface area contributed by atoms with Crippen LogP contribution < -0.4 is 5.32 Å². The number of nitrogens with zero attached hydrogens (tertiary/aromatic N) is 2. The highest BCUT2D eigenvalue weighted by atomic mass is 32.2. The van der Waals surface area contributed by atoms with E-state index in [1.54, 1.807) is 0 Å². The Kier molecular flexibility index (Phi) is 4.05. The number of rotatable bonds is 3. The number of aromatic nitrogens is 2. The van der Waals surface area contributed by atoms with Crippen LogP contribution in [0.3, 0.4) is 0 Å². The average molecular weight is 273 g/mol. The Morgan fingerprint density at radius 1 is 1.35 bits per heavy atom. The predicted octanol–water partition coefficient (Wildman–Crippen LogP) is 2.43. The fourth-order valence-electron chi connectivity index (χ4n) is 1.63. The average Bonchev–Trinajstić information content (AvgIpc) is 2.79. The van der Waals surface area contributed by atoms with Crippen LogP contribution in [0.1, 0.15) is 37.7 Å². The lowest BCUT2D eigenvalue weighted by atomic mass is 10.1. The van der Waals surface area contributed by atoms with Crippen LogP contribution in [0.2, 0.25) is 0 Å². The first kappa shape index (κ1) is 13.2. The molecule has 6 heteroatoms. The fraction of sp³-hybridized carbons (Fsp3) is 0.818. The normalized spacial score (nSPS) is 26.1. The fourth-order valence-corrected chi connectivity index (χ4v) is 4.31. The molecule has 1 aromatic heterocycles. The van der Waals surface area contributed by atoms with Gasteiger partial charge >= 0.3 is 0 Å². The molecule has 0 saturated carbocycles. The highest BCUT2D eigenvalue weighted by Gasteiger charge is 2.31. The highest BCUT2D eigenvalue weighted by Crippen LogP contribution is 2.41. The van der Waals surface area contributed by atoms with Crippen molar-refractivity contribution in [3.63, 3.8) is 0 Å². The molecule has 2 rings (SSSR count). The largest absolute Gasteiger partial charge is 0.337 e. The molecule has 0 aliphatic carbocycles. The maximum atomic E-state index is 5.38. The van der Waals surface area contributed by atoms with Crippen molar-refractivity contribution in [1.29, 1.82) is 0 Å². The molecule has 1 aliphatic heterocycles. The molecule has 1 aromatic rings. The second-order valence-corrected chi connectivity index (χ2v) is 7.43. The molecule has 1 aliphatic rings. The van der Waals surface area contributed by atoms with E-state index in [0.717, 1.165) is 5.82 Å². The van der Waals surface area contributed by atoms with Crippen molar-refractivity contribution < 1.29 is 4.52 Å². The summed E-state index contributed by atoms with van der Waals surface area (Å²) in [6.45, 7) is 6.31. The van der Waals surface area contributed by atoms with Crippen LogP contribution in [0.25, 0.3) is 0 Å². The molecule has 1 fully saturated rings. The SMILES string of the molecule is CNC(C)(C)c1nc(C2SCCSC2C)no1. The number of hydrogen-bond donors (Lipinski definition) is 1. The molecular weight excluding hydrogens is 254 g/mol. The van der Waals surface area contributed by atoms with Gasteiger partial charge in [0.15, 0.2) is 5.82 Å². The summed E-state index contributed by atoms with van der Waals surface area (Å²) in [5.74, 6) is 3.89. The molecule has 0 aromatic carbocycles. The van der Waals surface area contributed by atoms with E-state index in [4.69, 9.17) is 4.52 Å². The van der Waals surface area contributed by atoms with Gasteiger partial charge in [-0.1, -0.05) is 12.1 Å². The monoisotopic (exact) mass is 273 g/mol. The summed E-state index contributed by atoms with van der Waals surface area (Å²) in [6, 6.07) is 0. The van der Waals surface area contributed by atoms with Crippen LogP contribution in [-0.2, 0) is 5.54 Å². The van der Waals surface area contributed by atoms with Gasteiger partial charge < -0.3 is 9.84 Å². The third kappa shape index (κ3) is 2.80. The molecule has 17 heavy (non-hydrogen) atoms. The minimum Gasteiger partial charge on any atom is -0.337 e. The lowest BCUT2D eigenvalue weighted by Crippen LogP contribution is -2.33. The van der Waals surface area contributed by atoms with E-state index in [0.29, 0.717) is 16.4 Å². The van der Waals surface area contributed by atoms with Crippen molar-refractivity contribution in [3.8, 4) is 0 Å². The molecule has 1 saturated heterocycles. The highest BCUT2D eigenvalue weighted by molar-refractivity contribution is 8.06. The van der Waals surface area contributed by atoms with Crippen molar-refractivity contribution in [2.45, 2.75) is 36.8 Å². The van der Waals surface area contributed by atoms with Crippen molar-refractivity contribution in [3.05, 3.63) is 11.7 Å². The first-order valence-electron chi connectivity index (χ1n) is 5.81. The molecule has 2 unspecified atom stereocenters. The zero-order valence-electron chi connectivity index (χ0n) is 10.7. The summed E-state index contributed by atoms with van der Waals surface area (Å²) >= 11 is 3.92. The maximum Gasteiger partial charge on any atom is 0.246 e. The van der Waals surface area contributed by atoms with Crippen molar-refractivity contribution in [2.75, 3.05) is 18.6 Å². The van der Waals surface area contributed by atoms with Crippen LogP contribution >= 0.6 is 23.5 Å². The second kappa shape index (κ2) is 5.20. The Balaban J connectivity index is 2.17. The van der Waals surface area contributed by atoms with Crippen LogP contribution in [0, 0.1) is 0 Å². The number of nitrogens with one attached hydrogen (secondary N) is 1. The Bertz CT molecular complexity index is 381. The molecule has 4 nitrogen and oxygen atoms in total. The Hall–Kier alpha value is -0.200. The first-order chi connectivity index (χ1) is 8.04. The van der Waals surface area contributed by atoms with Gasteiger partial charge in [0.05, 0.1) is 10.8 Å². The van der Waals surface area contributed by atoms with E-state index < -0.39 is 0 Å². The van der Waals surface area contributed by atoms with E-state index >= 15 is 0 Å². The minimum atomic E-state index is -0.263. The van der Waals surface area contributed by atoms with Gasteiger partial charge in [-0.25, -0.2) is 0 Å². The molecule has 0 bridgehead atoms. The zero-order chi connectivity index (χ0) is 12.5. The van der Waals surface area contributed by atoms with E-state index in [1.807, 2.05) is 44.4 Å². The van der Waals surface area contributed by atoms with Gasteiger partial charge in [0, 0.05) is 16.8 Å². The van der Waals surface area contributed by atoms with Crippen LogP contribution in [-0.4, -0.2) is 33.9 Å².